The number of hydrazone groups is 1. The van der Waals surface area contributed by atoms with E-state index < -0.39 is 5.72 Å². The highest BCUT2D eigenvalue weighted by Crippen LogP contribution is 2.50. The van der Waals surface area contributed by atoms with E-state index in [1.807, 2.05) is 65.8 Å². The number of fused-ring (bicyclic) bond motifs is 1. The summed E-state index contributed by atoms with van der Waals surface area (Å²) in [5, 5.41) is 11.5. The molecule has 2 aliphatic rings. The molecule has 0 spiro atoms. The van der Waals surface area contributed by atoms with E-state index in [1.165, 1.54) is 0 Å². The van der Waals surface area contributed by atoms with Crippen molar-refractivity contribution in [1.82, 2.24) is 5.12 Å². The van der Waals surface area contributed by atoms with Gasteiger partial charge in [-0.1, -0.05) is 102 Å². The highest BCUT2D eigenvalue weighted by Gasteiger charge is 2.62. The second kappa shape index (κ2) is 7.89. The standard InChI is InChI=1S/C28H24N4O/c1-22-30(25-18-10-4-11-19-25)32-28(33-22,24-16-8-3-9-17-24)27(23-14-6-2-7-15-23)29-31(32)26-20-12-5-13-21-26/h2-22H,1H3. The molecule has 1 saturated heterocycles. The first kappa shape index (κ1) is 19.7. The summed E-state index contributed by atoms with van der Waals surface area (Å²) in [5.41, 5.74) is 3.97. The zero-order valence-corrected chi connectivity index (χ0v) is 18.3. The second-order valence-electron chi connectivity index (χ2n) is 8.14. The number of hydrogen-bond donors (Lipinski definition) is 0. The summed E-state index contributed by atoms with van der Waals surface area (Å²) in [6, 6.07) is 41.2. The minimum atomic E-state index is -0.923. The number of nitrogens with zero attached hydrogens (tertiary/aromatic N) is 4. The van der Waals surface area contributed by atoms with Crippen LogP contribution >= 0.6 is 0 Å². The summed E-state index contributed by atoms with van der Waals surface area (Å²) in [4.78, 5) is 0. The zero-order valence-electron chi connectivity index (χ0n) is 18.3. The fraction of sp³-hybridized carbons (Fsp3) is 0.107. The SMILES string of the molecule is CC1OC2(c3ccccc3)C(c3ccccc3)=NN(c3ccccc3)N2N1c1ccccc1. The van der Waals surface area contributed by atoms with Crippen molar-refractivity contribution in [1.29, 1.82) is 0 Å². The maximum atomic E-state index is 6.92. The smallest absolute Gasteiger partial charge is 0.233 e. The minimum absolute atomic E-state index is 0.229. The van der Waals surface area contributed by atoms with Crippen molar-refractivity contribution in [3.63, 3.8) is 0 Å². The first-order valence-corrected chi connectivity index (χ1v) is 11.2. The number of rotatable bonds is 4. The maximum absolute atomic E-state index is 6.92. The van der Waals surface area contributed by atoms with Crippen LogP contribution < -0.4 is 10.1 Å². The molecule has 0 N–H and O–H groups in total. The molecule has 0 aromatic heterocycles. The molecule has 0 saturated carbocycles. The molecule has 0 radical (unpaired) electrons. The fourth-order valence-electron chi connectivity index (χ4n) is 4.69. The Morgan fingerprint density at radius 1 is 0.667 bits per heavy atom. The molecule has 2 aliphatic heterocycles. The van der Waals surface area contributed by atoms with Crippen LogP contribution in [0.4, 0.5) is 11.4 Å². The van der Waals surface area contributed by atoms with Crippen LogP contribution in [-0.4, -0.2) is 17.1 Å². The summed E-state index contributed by atoms with van der Waals surface area (Å²) >= 11 is 0. The monoisotopic (exact) mass is 432 g/mol. The molecule has 0 bridgehead atoms. The molecule has 162 valence electrons. The number of benzene rings is 4. The summed E-state index contributed by atoms with van der Waals surface area (Å²) in [6.07, 6.45) is -0.229. The van der Waals surface area contributed by atoms with Crippen LogP contribution in [0.3, 0.4) is 0 Å². The van der Waals surface area contributed by atoms with Crippen LogP contribution in [0.1, 0.15) is 18.1 Å². The van der Waals surface area contributed by atoms with E-state index in [1.54, 1.807) is 0 Å². The average molecular weight is 433 g/mol. The van der Waals surface area contributed by atoms with Crippen LogP contribution in [0, 0.1) is 0 Å². The van der Waals surface area contributed by atoms with Crippen molar-refractivity contribution in [3.8, 4) is 0 Å². The predicted octanol–water partition coefficient (Wildman–Crippen LogP) is 5.78. The molecule has 4 aromatic rings. The molecule has 5 heteroatoms. The molecule has 33 heavy (non-hydrogen) atoms. The Morgan fingerprint density at radius 3 is 1.79 bits per heavy atom. The highest BCUT2D eigenvalue weighted by molar-refractivity contribution is 6.09. The molecule has 6 rings (SSSR count). The third-order valence-corrected chi connectivity index (χ3v) is 6.09. The van der Waals surface area contributed by atoms with Gasteiger partial charge in [0.15, 0.2) is 0 Å². The third-order valence-electron chi connectivity index (χ3n) is 6.09. The summed E-state index contributed by atoms with van der Waals surface area (Å²) in [6.45, 7) is 2.09. The number of ether oxygens (including phenoxy) is 1. The maximum Gasteiger partial charge on any atom is 0.233 e. The van der Waals surface area contributed by atoms with Gasteiger partial charge in [-0.05, 0) is 31.2 Å². The molecule has 4 aromatic carbocycles. The van der Waals surface area contributed by atoms with Crippen molar-refractivity contribution < 1.29 is 4.74 Å². The van der Waals surface area contributed by atoms with Gasteiger partial charge in [-0.3, -0.25) is 5.01 Å². The van der Waals surface area contributed by atoms with E-state index in [9.17, 15) is 0 Å². The first-order chi connectivity index (χ1) is 16.3. The topological polar surface area (TPSA) is 31.3 Å². The molecular weight excluding hydrogens is 408 g/mol. The van der Waals surface area contributed by atoms with Crippen molar-refractivity contribution in [2.24, 2.45) is 5.10 Å². The summed E-state index contributed by atoms with van der Waals surface area (Å²) in [7, 11) is 0. The second-order valence-corrected chi connectivity index (χ2v) is 8.14. The molecule has 1 fully saturated rings. The van der Waals surface area contributed by atoms with Gasteiger partial charge in [-0.2, -0.15) is 10.2 Å². The third kappa shape index (κ3) is 3.05. The summed E-state index contributed by atoms with van der Waals surface area (Å²) < 4.78 is 6.92. The molecular formula is C28H24N4O. The van der Waals surface area contributed by atoms with Crippen LogP contribution in [0.15, 0.2) is 126 Å². The van der Waals surface area contributed by atoms with E-state index in [0.717, 1.165) is 28.2 Å². The largest absolute Gasteiger partial charge is 0.322 e. The normalized spacial score (nSPS) is 22.3. The number of hydrogen-bond acceptors (Lipinski definition) is 5. The van der Waals surface area contributed by atoms with Gasteiger partial charge < -0.3 is 4.74 Å². The lowest BCUT2D eigenvalue weighted by atomic mass is 9.93. The Bertz CT molecular complexity index is 1260. The highest BCUT2D eigenvalue weighted by atomic mass is 16.6. The Balaban J connectivity index is 1.63. The van der Waals surface area contributed by atoms with Gasteiger partial charge in [0.1, 0.15) is 11.9 Å². The first-order valence-electron chi connectivity index (χ1n) is 11.2. The lowest BCUT2D eigenvalue weighted by Gasteiger charge is -2.38. The Morgan fingerprint density at radius 2 is 1.18 bits per heavy atom. The molecule has 5 nitrogen and oxygen atoms in total. The van der Waals surface area contributed by atoms with Gasteiger partial charge in [0.2, 0.25) is 5.72 Å². The van der Waals surface area contributed by atoms with E-state index >= 15 is 0 Å². The quantitative estimate of drug-likeness (QED) is 0.409. The molecule has 0 amide bonds. The van der Waals surface area contributed by atoms with Gasteiger partial charge in [0, 0.05) is 11.1 Å². The molecule has 2 unspecified atom stereocenters. The van der Waals surface area contributed by atoms with Crippen molar-refractivity contribution in [3.05, 3.63) is 132 Å². The minimum Gasteiger partial charge on any atom is -0.322 e. The lowest BCUT2D eigenvalue weighted by Crippen LogP contribution is -2.55. The Labute approximate surface area is 193 Å². The van der Waals surface area contributed by atoms with Crippen LogP contribution in [0.2, 0.25) is 0 Å². The van der Waals surface area contributed by atoms with Gasteiger partial charge >= 0.3 is 0 Å². The number of hydrazine groups is 2. The van der Waals surface area contributed by atoms with Gasteiger partial charge in [-0.15, -0.1) is 0 Å². The fourth-order valence-corrected chi connectivity index (χ4v) is 4.69. The van der Waals surface area contributed by atoms with Crippen LogP contribution in [-0.2, 0) is 10.5 Å². The summed E-state index contributed by atoms with van der Waals surface area (Å²) in [5.74, 6) is 0. The Kier molecular flexibility index (Phi) is 4.72. The van der Waals surface area contributed by atoms with Crippen LogP contribution in [0.5, 0.6) is 0 Å². The lowest BCUT2D eigenvalue weighted by molar-refractivity contribution is -0.0433. The van der Waals surface area contributed by atoms with Gasteiger partial charge in [-0.25, -0.2) is 0 Å². The van der Waals surface area contributed by atoms with E-state index in [-0.39, 0.29) is 6.23 Å². The van der Waals surface area contributed by atoms with E-state index in [2.05, 4.69) is 77.7 Å². The van der Waals surface area contributed by atoms with Crippen molar-refractivity contribution >= 4 is 17.1 Å². The van der Waals surface area contributed by atoms with Crippen molar-refractivity contribution in [2.75, 3.05) is 10.1 Å². The van der Waals surface area contributed by atoms with Gasteiger partial charge in [0.05, 0.1) is 11.4 Å². The van der Waals surface area contributed by atoms with Crippen molar-refractivity contribution in [2.45, 2.75) is 18.9 Å². The molecule has 2 atom stereocenters. The van der Waals surface area contributed by atoms with E-state index in [0.29, 0.717) is 0 Å². The van der Waals surface area contributed by atoms with Crippen LogP contribution in [0.25, 0.3) is 0 Å². The molecule has 0 aliphatic carbocycles. The predicted molar refractivity (Wildman–Crippen MR) is 131 cm³/mol. The van der Waals surface area contributed by atoms with Gasteiger partial charge in [0.25, 0.3) is 0 Å². The zero-order chi connectivity index (χ0) is 22.3. The average Bonchev–Trinajstić information content (AvgIpc) is 3.38. The Hall–Kier alpha value is -3.93. The number of anilines is 2. The van der Waals surface area contributed by atoms with E-state index in [4.69, 9.17) is 9.84 Å². The number of para-hydroxylation sites is 2. The molecule has 2 heterocycles.